The lowest BCUT2D eigenvalue weighted by molar-refractivity contribution is -0.123. The van der Waals surface area contributed by atoms with Crippen LogP contribution in [0.1, 0.15) is 31.7 Å². The number of benzene rings is 1. The number of imide groups is 1. The Morgan fingerprint density at radius 1 is 1.09 bits per heavy atom. The number of nitrogens with zero attached hydrogens (tertiary/aromatic N) is 2. The molecule has 0 N–H and O–H groups in total. The van der Waals surface area contributed by atoms with Gasteiger partial charge < -0.3 is 9.64 Å². The summed E-state index contributed by atoms with van der Waals surface area (Å²) in [6.07, 6.45) is 4.81. The van der Waals surface area contributed by atoms with Gasteiger partial charge in [-0.1, -0.05) is 12.1 Å². The van der Waals surface area contributed by atoms with E-state index >= 15 is 0 Å². The van der Waals surface area contributed by atoms with E-state index in [1.54, 1.807) is 13.0 Å². The molecule has 0 aromatic heterocycles. The highest BCUT2D eigenvalue weighted by Gasteiger charge is 2.35. The third kappa shape index (κ3) is 2.84. The van der Waals surface area contributed by atoms with Crippen molar-refractivity contribution >= 4 is 23.8 Å². The van der Waals surface area contributed by atoms with Crippen molar-refractivity contribution in [2.24, 2.45) is 0 Å². The van der Waals surface area contributed by atoms with E-state index in [1.807, 2.05) is 12.1 Å². The molecule has 0 atom stereocenters. The van der Waals surface area contributed by atoms with Gasteiger partial charge >= 0.3 is 6.09 Å². The minimum Gasteiger partial charge on any atom is -0.404 e. The predicted molar refractivity (Wildman–Crippen MR) is 84.4 cm³/mol. The summed E-state index contributed by atoms with van der Waals surface area (Å²) < 4.78 is 5.02. The maximum absolute atomic E-state index is 12.0. The Hall–Kier alpha value is -2.30. The zero-order valence-corrected chi connectivity index (χ0v) is 12.7. The van der Waals surface area contributed by atoms with E-state index in [0.29, 0.717) is 6.54 Å². The van der Waals surface area contributed by atoms with Crippen LogP contribution in [-0.4, -0.2) is 36.5 Å². The summed E-state index contributed by atoms with van der Waals surface area (Å²) >= 11 is 0. The van der Waals surface area contributed by atoms with Crippen molar-refractivity contribution in [2.75, 3.05) is 24.5 Å². The maximum atomic E-state index is 12.0. The number of ether oxygens (including phenoxy) is 1. The number of carbonyl (C=O) groups excluding carboxylic acids is 2. The Morgan fingerprint density at radius 2 is 1.77 bits per heavy atom. The Labute approximate surface area is 130 Å². The van der Waals surface area contributed by atoms with E-state index in [1.165, 1.54) is 24.9 Å². The monoisotopic (exact) mass is 300 g/mol. The number of cyclic esters (lactones) is 1. The van der Waals surface area contributed by atoms with Crippen molar-refractivity contribution in [1.29, 1.82) is 0 Å². The van der Waals surface area contributed by atoms with Gasteiger partial charge in [0.15, 0.2) is 5.76 Å². The average molecular weight is 300 g/mol. The third-order valence-corrected chi connectivity index (χ3v) is 4.10. The Balaban J connectivity index is 1.74. The van der Waals surface area contributed by atoms with E-state index in [9.17, 15) is 9.59 Å². The summed E-state index contributed by atoms with van der Waals surface area (Å²) in [7, 11) is 0. The van der Waals surface area contributed by atoms with Gasteiger partial charge in [-0.25, -0.2) is 9.69 Å². The maximum Gasteiger partial charge on any atom is 0.422 e. The largest absolute Gasteiger partial charge is 0.422 e. The Bertz CT molecular complexity index is 601. The molecule has 22 heavy (non-hydrogen) atoms. The number of piperidine rings is 1. The molecule has 1 aromatic carbocycles. The SMILES string of the molecule is CCN1C(=O)OC(=Cc2ccc(N3CCCCC3)cc2)C1=O. The standard InChI is InChI=1S/C17H20N2O3/c1-2-19-16(20)15(22-17(19)21)12-13-6-8-14(9-7-13)18-10-4-3-5-11-18/h6-9,12H,2-5,10-11H2,1H3. The van der Waals surface area contributed by atoms with Gasteiger partial charge in [0.05, 0.1) is 0 Å². The van der Waals surface area contributed by atoms with Gasteiger partial charge in [0.1, 0.15) is 0 Å². The molecule has 2 aliphatic rings. The minimum atomic E-state index is -0.594. The molecule has 2 saturated heterocycles. The van der Waals surface area contributed by atoms with E-state index in [-0.39, 0.29) is 11.7 Å². The Kier molecular flexibility index (Phi) is 4.13. The molecular formula is C17H20N2O3. The molecule has 2 amide bonds. The third-order valence-electron chi connectivity index (χ3n) is 4.10. The summed E-state index contributed by atoms with van der Waals surface area (Å²) in [5, 5.41) is 0. The second-order valence-corrected chi connectivity index (χ2v) is 5.57. The highest BCUT2D eigenvalue weighted by molar-refractivity contribution is 6.09. The molecule has 0 unspecified atom stereocenters. The van der Waals surface area contributed by atoms with Gasteiger partial charge in [-0.05, 0) is 50.0 Å². The summed E-state index contributed by atoms with van der Waals surface area (Å²) in [5.41, 5.74) is 2.06. The highest BCUT2D eigenvalue weighted by Crippen LogP contribution is 2.23. The summed E-state index contributed by atoms with van der Waals surface area (Å²) in [5.74, 6) is -0.273. The molecule has 1 aromatic rings. The summed E-state index contributed by atoms with van der Waals surface area (Å²) in [4.78, 5) is 26.9. The molecule has 0 bridgehead atoms. The molecule has 116 valence electrons. The first-order valence-electron chi connectivity index (χ1n) is 7.79. The molecule has 2 aliphatic heterocycles. The normalized spacial score (nSPS) is 20.7. The molecule has 0 aliphatic carbocycles. The van der Waals surface area contributed by atoms with Crippen molar-refractivity contribution in [3.05, 3.63) is 35.6 Å². The molecule has 0 spiro atoms. The van der Waals surface area contributed by atoms with E-state index in [0.717, 1.165) is 23.6 Å². The first kappa shape index (κ1) is 14.6. The zero-order chi connectivity index (χ0) is 15.5. The van der Waals surface area contributed by atoms with Crippen LogP contribution >= 0.6 is 0 Å². The van der Waals surface area contributed by atoms with Crippen LogP contribution in [0.2, 0.25) is 0 Å². The van der Waals surface area contributed by atoms with Gasteiger partial charge in [0.2, 0.25) is 0 Å². The second kappa shape index (κ2) is 6.22. The number of carbonyl (C=O) groups is 2. The van der Waals surface area contributed by atoms with E-state index in [4.69, 9.17) is 4.74 Å². The number of hydrogen-bond donors (Lipinski definition) is 0. The lowest BCUT2D eigenvalue weighted by atomic mass is 10.1. The van der Waals surface area contributed by atoms with Crippen LogP contribution in [0.4, 0.5) is 10.5 Å². The molecular weight excluding hydrogens is 280 g/mol. The quantitative estimate of drug-likeness (QED) is 0.805. The lowest BCUT2D eigenvalue weighted by Crippen LogP contribution is -2.29. The van der Waals surface area contributed by atoms with Crippen molar-refractivity contribution in [1.82, 2.24) is 4.90 Å². The van der Waals surface area contributed by atoms with E-state index in [2.05, 4.69) is 17.0 Å². The molecule has 5 heteroatoms. The average Bonchev–Trinajstić information content (AvgIpc) is 2.82. The van der Waals surface area contributed by atoms with Crippen LogP contribution in [-0.2, 0) is 9.53 Å². The topological polar surface area (TPSA) is 49.9 Å². The first-order chi connectivity index (χ1) is 10.7. The van der Waals surface area contributed by atoms with Crippen molar-refractivity contribution in [2.45, 2.75) is 26.2 Å². The van der Waals surface area contributed by atoms with E-state index < -0.39 is 6.09 Å². The predicted octanol–water partition coefficient (Wildman–Crippen LogP) is 3.02. The number of likely N-dealkylation sites (N-methyl/N-ethyl adjacent to an activating group) is 1. The van der Waals surface area contributed by atoms with Crippen LogP contribution in [0, 0.1) is 0 Å². The first-order valence-corrected chi connectivity index (χ1v) is 7.79. The van der Waals surface area contributed by atoms with Gasteiger partial charge in [-0.3, -0.25) is 4.79 Å². The minimum absolute atomic E-state index is 0.0950. The lowest BCUT2D eigenvalue weighted by Gasteiger charge is -2.28. The molecule has 5 nitrogen and oxygen atoms in total. The molecule has 2 fully saturated rings. The highest BCUT2D eigenvalue weighted by atomic mass is 16.6. The van der Waals surface area contributed by atoms with Crippen molar-refractivity contribution < 1.29 is 14.3 Å². The molecule has 0 saturated carbocycles. The van der Waals surface area contributed by atoms with Crippen molar-refractivity contribution in [3.8, 4) is 0 Å². The van der Waals surface area contributed by atoms with Crippen LogP contribution < -0.4 is 4.90 Å². The Morgan fingerprint density at radius 3 is 2.36 bits per heavy atom. The number of anilines is 1. The number of amides is 2. The fourth-order valence-corrected chi connectivity index (χ4v) is 2.86. The van der Waals surface area contributed by atoms with Crippen LogP contribution in [0.3, 0.4) is 0 Å². The van der Waals surface area contributed by atoms with Crippen LogP contribution in [0.15, 0.2) is 30.0 Å². The summed E-state index contributed by atoms with van der Waals surface area (Å²) in [6.45, 7) is 4.27. The summed E-state index contributed by atoms with van der Waals surface area (Å²) in [6, 6.07) is 8.01. The molecule has 3 rings (SSSR count). The van der Waals surface area contributed by atoms with Crippen LogP contribution in [0.5, 0.6) is 0 Å². The number of rotatable bonds is 3. The fraction of sp³-hybridized carbons (Fsp3) is 0.412. The van der Waals surface area contributed by atoms with Gasteiger partial charge in [0, 0.05) is 25.3 Å². The molecule has 2 heterocycles. The fourth-order valence-electron chi connectivity index (χ4n) is 2.86. The smallest absolute Gasteiger partial charge is 0.404 e. The number of hydrogen-bond acceptors (Lipinski definition) is 4. The van der Waals surface area contributed by atoms with Gasteiger partial charge in [-0.2, -0.15) is 0 Å². The van der Waals surface area contributed by atoms with Gasteiger partial charge in [0.25, 0.3) is 5.91 Å². The van der Waals surface area contributed by atoms with Crippen molar-refractivity contribution in [3.63, 3.8) is 0 Å². The molecule has 0 radical (unpaired) electrons. The second-order valence-electron chi connectivity index (χ2n) is 5.57. The van der Waals surface area contributed by atoms with Gasteiger partial charge in [-0.15, -0.1) is 0 Å². The van der Waals surface area contributed by atoms with Crippen LogP contribution in [0.25, 0.3) is 6.08 Å². The zero-order valence-electron chi connectivity index (χ0n) is 12.7.